The van der Waals surface area contributed by atoms with Crippen molar-refractivity contribution in [2.45, 2.75) is 76.8 Å². The molecule has 1 amide bonds. The van der Waals surface area contributed by atoms with Crippen molar-refractivity contribution >= 4 is 15.9 Å². The molecule has 0 aromatic heterocycles. The van der Waals surface area contributed by atoms with Gasteiger partial charge in [0.1, 0.15) is 0 Å². The van der Waals surface area contributed by atoms with Crippen LogP contribution < -0.4 is 0 Å². The van der Waals surface area contributed by atoms with Crippen LogP contribution in [-0.4, -0.2) is 42.7 Å². The van der Waals surface area contributed by atoms with Crippen LogP contribution in [-0.2, 0) is 27.8 Å². The molecule has 0 radical (unpaired) electrons. The Balaban J connectivity index is 1.64. The molecule has 0 bridgehead atoms. The Morgan fingerprint density at radius 1 is 1.00 bits per heavy atom. The van der Waals surface area contributed by atoms with Crippen LogP contribution in [0.5, 0.6) is 0 Å². The maximum Gasteiger partial charge on any atom is 0.244 e. The van der Waals surface area contributed by atoms with Crippen molar-refractivity contribution in [3.63, 3.8) is 0 Å². The van der Waals surface area contributed by atoms with Gasteiger partial charge in [-0.25, -0.2) is 8.42 Å². The Labute approximate surface area is 192 Å². The third-order valence-electron chi connectivity index (χ3n) is 6.93. The highest BCUT2D eigenvalue weighted by Gasteiger charge is 2.37. The molecule has 2 aromatic carbocycles. The van der Waals surface area contributed by atoms with Gasteiger partial charge in [-0.15, -0.1) is 0 Å². The monoisotopic (exact) mass is 454 g/mol. The van der Waals surface area contributed by atoms with Crippen molar-refractivity contribution in [1.29, 1.82) is 0 Å². The maximum atomic E-state index is 14.0. The molecule has 0 N–H and O–H groups in total. The van der Waals surface area contributed by atoms with Gasteiger partial charge in [-0.3, -0.25) is 4.79 Å². The summed E-state index contributed by atoms with van der Waals surface area (Å²) < 4.78 is 29.4. The van der Waals surface area contributed by atoms with Crippen molar-refractivity contribution in [1.82, 2.24) is 9.21 Å². The van der Waals surface area contributed by atoms with Crippen LogP contribution in [0, 0.1) is 20.8 Å². The zero-order chi connectivity index (χ0) is 22.9. The van der Waals surface area contributed by atoms with Crippen LogP contribution in [0.25, 0.3) is 0 Å². The van der Waals surface area contributed by atoms with Gasteiger partial charge in [0.05, 0.1) is 11.4 Å². The number of benzene rings is 2. The lowest BCUT2D eigenvalue weighted by atomic mass is 9.95. The molecule has 0 unspecified atom stereocenters. The van der Waals surface area contributed by atoms with E-state index >= 15 is 0 Å². The van der Waals surface area contributed by atoms with Gasteiger partial charge in [0.25, 0.3) is 0 Å². The molecule has 0 spiro atoms. The molecule has 0 atom stereocenters. The lowest BCUT2D eigenvalue weighted by Crippen LogP contribution is -2.49. The number of rotatable bonds is 5. The number of fused-ring (bicyclic) bond motifs is 1. The molecule has 1 aliphatic heterocycles. The average Bonchev–Trinajstić information content (AvgIpc) is 2.76. The number of hydrogen-bond donors (Lipinski definition) is 0. The minimum Gasteiger partial charge on any atom is -0.337 e. The van der Waals surface area contributed by atoms with Crippen LogP contribution in [0.4, 0.5) is 0 Å². The molecule has 2 aliphatic rings. The van der Waals surface area contributed by atoms with Gasteiger partial charge in [-0.1, -0.05) is 61.2 Å². The second kappa shape index (κ2) is 9.36. The van der Waals surface area contributed by atoms with Crippen LogP contribution in [0.2, 0.25) is 0 Å². The first-order valence-corrected chi connectivity index (χ1v) is 13.2. The molecule has 4 rings (SSSR count). The number of aryl methyl sites for hydroxylation is 3. The first-order chi connectivity index (χ1) is 15.3. The lowest BCUT2D eigenvalue weighted by molar-refractivity contribution is -0.132. The summed E-state index contributed by atoms with van der Waals surface area (Å²) in [4.78, 5) is 15.6. The van der Waals surface area contributed by atoms with Crippen molar-refractivity contribution in [3.05, 3.63) is 64.2 Å². The van der Waals surface area contributed by atoms with E-state index in [1.165, 1.54) is 9.87 Å². The van der Waals surface area contributed by atoms with Crippen molar-refractivity contribution in [3.8, 4) is 0 Å². The van der Waals surface area contributed by atoms with E-state index in [0.717, 1.165) is 60.8 Å². The van der Waals surface area contributed by atoms with Gasteiger partial charge in [-0.2, -0.15) is 4.31 Å². The molecule has 1 heterocycles. The van der Waals surface area contributed by atoms with E-state index in [-0.39, 0.29) is 18.5 Å². The van der Waals surface area contributed by atoms with E-state index in [2.05, 4.69) is 12.1 Å². The van der Waals surface area contributed by atoms with E-state index in [4.69, 9.17) is 0 Å². The summed E-state index contributed by atoms with van der Waals surface area (Å²) in [5.74, 6) is -0.101. The van der Waals surface area contributed by atoms with Crippen LogP contribution in [0.15, 0.2) is 41.3 Å². The average molecular weight is 455 g/mol. The van der Waals surface area contributed by atoms with Crippen molar-refractivity contribution in [2.24, 2.45) is 0 Å². The predicted octanol–water partition coefficient (Wildman–Crippen LogP) is 4.52. The van der Waals surface area contributed by atoms with E-state index in [9.17, 15) is 13.2 Å². The van der Waals surface area contributed by atoms with E-state index < -0.39 is 10.0 Å². The summed E-state index contributed by atoms with van der Waals surface area (Å²) in [6.07, 6.45) is 5.60. The number of carbonyl (C=O) groups is 1. The minimum absolute atomic E-state index is 0.0814. The highest BCUT2D eigenvalue weighted by Crippen LogP contribution is 2.31. The van der Waals surface area contributed by atoms with Gasteiger partial charge >= 0.3 is 0 Å². The Morgan fingerprint density at radius 2 is 1.62 bits per heavy atom. The lowest BCUT2D eigenvalue weighted by Gasteiger charge is -2.36. The quantitative estimate of drug-likeness (QED) is 0.667. The summed E-state index contributed by atoms with van der Waals surface area (Å²) >= 11 is 0. The fraction of sp³-hybridized carbons (Fsp3) is 0.500. The molecule has 1 saturated carbocycles. The topological polar surface area (TPSA) is 57.7 Å². The first-order valence-electron chi connectivity index (χ1n) is 11.7. The fourth-order valence-electron chi connectivity index (χ4n) is 5.41. The van der Waals surface area contributed by atoms with Gasteiger partial charge in [0.2, 0.25) is 15.9 Å². The van der Waals surface area contributed by atoms with Gasteiger partial charge < -0.3 is 4.90 Å². The SMILES string of the molecule is Cc1cc(C)c(S(=O)(=O)N(CC(=O)N2CCc3ccccc3C2)C2CCCCC2)c(C)c1. The van der Waals surface area contributed by atoms with Gasteiger partial charge in [0.15, 0.2) is 0 Å². The summed E-state index contributed by atoms with van der Waals surface area (Å²) in [7, 11) is -3.79. The van der Waals surface area contributed by atoms with Crippen LogP contribution >= 0.6 is 0 Å². The standard InChI is InChI=1S/C26H34N2O3S/c1-19-15-20(2)26(21(3)16-19)32(30,31)28(24-11-5-4-6-12-24)18-25(29)27-14-13-22-9-7-8-10-23(22)17-27/h7-10,15-16,24H,4-6,11-14,17-18H2,1-3H3. The second-order valence-corrected chi connectivity index (χ2v) is 11.2. The van der Waals surface area contributed by atoms with Gasteiger partial charge in [0, 0.05) is 19.1 Å². The molecule has 2 aromatic rings. The smallest absolute Gasteiger partial charge is 0.244 e. The largest absolute Gasteiger partial charge is 0.337 e. The zero-order valence-electron chi connectivity index (χ0n) is 19.4. The number of amides is 1. The number of hydrogen-bond acceptors (Lipinski definition) is 3. The van der Waals surface area contributed by atoms with E-state index in [1.54, 1.807) is 0 Å². The third-order valence-corrected chi connectivity index (χ3v) is 9.13. The zero-order valence-corrected chi connectivity index (χ0v) is 20.2. The van der Waals surface area contributed by atoms with E-state index in [0.29, 0.717) is 18.0 Å². The fourth-order valence-corrected chi connectivity index (χ4v) is 7.46. The normalized spacial score (nSPS) is 17.4. The molecule has 5 nitrogen and oxygen atoms in total. The second-order valence-electron chi connectivity index (χ2n) is 9.40. The Morgan fingerprint density at radius 3 is 2.28 bits per heavy atom. The highest BCUT2D eigenvalue weighted by molar-refractivity contribution is 7.89. The van der Waals surface area contributed by atoms with E-state index in [1.807, 2.05) is 49.9 Å². The maximum absolute atomic E-state index is 14.0. The van der Waals surface area contributed by atoms with Gasteiger partial charge in [-0.05, 0) is 62.3 Å². The molecule has 1 fully saturated rings. The third kappa shape index (κ3) is 4.62. The summed E-state index contributed by atoms with van der Waals surface area (Å²) in [6.45, 7) is 6.80. The Bertz CT molecular complexity index is 1080. The molecule has 1 aliphatic carbocycles. The number of nitrogens with zero attached hydrogens (tertiary/aromatic N) is 2. The molecule has 6 heteroatoms. The molecular weight excluding hydrogens is 420 g/mol. The van der Waals surface area contributed by atoms with Crippen LogP contribution in [0.1, 0.15) is 59.9 Å². The number of sulfonamides is 1. The first kappa shape index (κ1) is 23.0. The predicted molar refractivity (Wildman–Crippen MR) is 127 cm³/mol. The van der Waals surface area contributed by atoms with Crippen LogP contribution in [0.3, 0.4) is 0 Å². The highest BCUT2D eigenvalue weighted by atomic mass is 32.2. The van der Waals surface area contributed by atoms with Crippen molar-refractivity contribution in [2.75, 3.05) is 13.1 Å². The molecule has 32 heavy (non-hydrogen) atoms. The summed E-state index contributed by atoms with van der Waals surface area (Å²) in [6, 6.07) is 11.9. The molecular formula is C26H34N2O3S. The number of carbonyl (C=O) groups excluding carboxylic acids is 1. The Kier molecular flexibility index (Phi) is 6.72. The van der Waals surface area contributed by atoms with Crippen molar-refractivity contribution < 1.29 is 13.2 Å². The summed E-state index contributed by atoms with van der Waals surface area (Å²) in [5.41, 5.74) is 4.99. The minimum atomic E-state index is -3.79. The molecule has 0 saturated heterocycles. The molecule has 172 valence electrons. The Hall–Kier alpha value is -2.18. The summed E-state index contributed by atoms with van der Waals surface area (Å²) in [5, 5.41) is 0.